The Balaban J connectivity index is 3.08. The first kappa shape index (κ1) is 8.53. The van der Waals surface area contributed by atoms with Crippen molar-refractivity contribution in [2.24, 2.45) is 0 Å². The van der Waals surface area contributed by atoms with Gasteiger partial charge in [-0.1, -0.05) is 20.8 Å². The van der Waals surface area contributed by atoms with E-state index >= 15 is 0 Å². The Morgan fingerprint density at radius 2 is 1.91 bits per heavy atom. The molecule has 3 heteroatoms. The Kier molecular flexibility index (Phi) is 1.92. The van der Waals surface area contributed by atoms with E-state index < -0.39 is 0 Å². The molecule has 0 bridgehead atoms. The molecule has 11 heavy (non-hydrogen) atoms. The van der Waals surface area contributed by atoms with Crippen LogP contribution in [0.25, 0.3) is 0 Å². The molecule has 0 amide bonds. The van der Waals surface area contributed by atoms with Crippen LogP contribution in [0, 0.1) is 6.92 Å². The van der Waals surface area contributed by atoms with Crippen molar-refractivity contribution < 1.29 is 0 Å². The molecular formula is C8H14N2S. The predicted octanol–water partition coefficient (Wildman–Crippen LogP) is 2.33. The maximum Gasteiger partial charge on any atom is 0.109 e. The summed E-state index contributed by atoms with van der Waals surface area (Å²) >= 11 is 1.59. The highest BCUT2D eigenvalue weighted by Crippen LogP contribution is 2.30. The van der Waals surface area contributed by atoms with Crippen molar-refractivity contribution in [3.05, 3.63) is 10.7 Å². The highest BCUT2D eigenvalue weighted by molar-refractivity contribution is 7.15. The van der Waals surface area contributed by atoms with Gasteiger partial charge < -0.3 is 5.73 Å². The van der Waals surface area contributed by atoms with Crippen molar-refractivity contribution in [3.63, 3.8) is 0 Å². The molecule has 0 saturated heterocycles. The smallest absolute Gasteiger partial charge is 0.109 e. The minimum atomic E-state index is 0.132. The molecule has 0 saturated carbocycles. The summed E-state index contributed by atoms with van der Waals surface area (Å²) in [5.74, 6) is 0. The Bertz CT molecular complexity index is 238. The Morgan fingerprint density at radius 3 is 2.09 bits per heavy atom. The average molecular weight is 170 g/mol. The number of nitrogens with two attached hydrogens (primary N) is 1. The average Bonchev–Trinajstić information content (AvgIpc) is 2.11. The lowest BCUT2D eigenvalue weighted by Crippen LogP contribution is -2.10. The molecule has 2 nitrogen and oxygen atoms in total. The number of nitrogens with zero attached hydrogens (tertiary/aromatic N) is 1. The highest BCUT2D eigenvalue weighted by Gasteiger charge is 2.18. The summed E-state index contributed by atoms with van der Waals surface area (Å²) < 4.78 is 0. The molecule has 1 heterocycles. The third-order valence-electron chi connectivity index (χ3n) is 1.47. The van der Waals surface area contributed by atoms with Crippen LogP contribution in [-0.2, 0) is 5.41 Å². The molecule has 1 rings (SSSR count). The molecular weight excluding hydrogens is 156 g/mol. The first-order chi connectivity index (χ1) is 4.91. The van der Waals surface area contributed by atoms with Crippen molar-refractivity contribution in [3.8, 4) is 0 Å². The lowest BCUT2D eigenvalue weighted by Gasteiger charge is -2.13. The van der Waals surface area contributed by atoms with E-state index in [1.165, 1.54) is 0 Å². The molecule has 62 valence electrons. The second-order valence-corrected chi connectivity index (χ2v) is 4.75. The summed E-state index contributed by atoms with van der Waals surface area (Å²) in [7, 11) is 0. The van der Waals surface area contributed by atoms with Crippen LogP contribution < -0.4 is 5.73 Å². The molecule has 0 spiro atoms. The largest absolute Gasteiger partial charge is 0.389 e. The second kappa shape index (κ2) is 2.48. The van der Waals surface area contributed by atoms with Crippen molar-refractivity contribution in [2.45, 2.75) is 33.1 Å². The van der Waals surface area contributed by atoms with Crippen LogP contribution >= 0.6 is 11.3 Å². The van der Waals surface area contributed by atoms with Crippen LogP contribution in [0.2, 0.25) is 0 Å². The van der Waals surface area contributed by atoms with Gasteiger partial charge in [0.1, 0.15) is 10.0 Å². The molecule has 0 unspecified atom stereocenters. The number of nitrogen functional groups attached to an aromatic ring is 1. The van der Waals surface area contributed by atoms with Gasteiger partial charge in [-0.25, -0.2) is 4.98 Å². The van der Waals surface area contributed by atoms with Gasteiger partial charge in [0.2, 0.25) is 0 Å². The Hall–Kier alpha value is -0.570. The summed E-state index contributed by atoms with van der Waals surface area (Å²) in [4.78, 5) is 4.38. The molecule has 0 aromatic carbocycles. The van der Waals surface area contributed by atoms with Crippen LogP contribution in [0.1, 0.15) is 31.5 Å². The molecule has 1 aromatic rings. The number of rotatable bonds is 0. The van der Waals surface area contributed by atoms with Crippen LogP contribution in [0.15, 0.2) is 0 Å². The summed E-state index contributed by atoms with van der Waals surface area (Å²) in [6.07, 6.45) is 0. The standard InChI is InChI=1S/C8H14N2S/c1-5-6(9)11-7(10-5)8(2,3)4/h9H2,1-4H3. The van der Waals surface area contributed by atoms with E-state index in [0.717, 1.165) is 15.7 Å². The summed E-state index contributed by atoms with van der Waals surface area (Å²) in [5, 5.41) is 1.96. The van der Waals surface area contributed by atoms with Gasteiger partial charge in [0.15, 0.2) is 0 Å². The monoisotopic (exact) mass is 170 g/mol. The van der Waals surface area contributed by atoms with E-state index in [0.29, 0.717) is 0 Å². The third-order valence-corrected chi connectivity index (χ3v) is 2.89. The van der Waals surface area contributed by atoms with Crippen molar-refractivity contribution >= 4 is 16.3 Å². The fourth-order valence-electron chi connectivity index (χ4n) is 0.729. The number of aromatic nitrogens is 1. The summed E-state index contributed by atoms with van der Waals surface area (Å²) in [6, 6.07) is 0. The van der Waals surface area contributed by atoms with Gasteiger partial charge in [0.05, 0.1) is 5.69 Å². The van der Waals surface area contributed by atoms with Crippen molar-refractivity contribution in [2.75, 3.05) is 5.73 Å². The zero-order valence-corrected chi connectivity index (χ0v) is 8.25. The zero-order valence-electron chi connectivity index (χ0n) is 7.43. The third kappa shape index (κ3) is 1.71. The molecule has 0 fully saturated rings. The summed E-state index contributed by atoms with van der Waals surface area (Å²) in [5.41, 5.74) is 6.78. The molecule has 0 aliphatic heterocycles. The molecule has 0 atom stereocenters. The molecule has 1 aromatic heterocycles. The van der Waals surface area contributed by atoms with E-state index in [1.54, 1.807) is 11.3 Å². The first-order valence-electron chi connectivity index (χ1n) is 3.64. The van der Waals surface area contributed by atoms with Crippen LogP contribution in [0.4, 0.5) is 5.00 Å². The van der Waals surface area contributed by atoms with Gasteiger partial charge in [-0.15, -0.1) is 11.3 Å². The predicted molar refractivity (Wildman–Crippen MR) is 50.0 cm³/mol. The Labute approximate surface area is 71.5 Å². The molecule has 0 aliphatic rings. The minimum Gasteiger partial charge on any atom is -0.389 e. The van der Waals surface area contributed by atoms with Crippen LogP contribution in [0.5, 0.6) is 0 Å². The van der Waals surface area contributed by atoms with Gasteiger partial charge in [-0.3, -0.25) is 0 Å². The SMILES string of the molecule is Cc1nc(C(C)(C)C)sc1N. The number of hydrogen-bond donors (Lipinski definition) is 1. The van der Waals surface area contributed by atoms with Gasteiger partial charge in [0.25, 0.3) is 0 Å². The Morgan fingerprint density at radius 1 is 1.36 bits per heavy atom. The topological polar surface area (TPSA) is 38.9 Å². The normalized spacial score (nSPS) is 12.0. The van der Waals surface area contributed by atoms with Gasteiger partial charge >= 0.3 is 0 Å². The quantitative estimate of drug-likeness (QED) is 0.649. The number of hydrogen-bond acceptors (Lipinski definition) is 3. The zero-order chi connectivity index (χ0) is 8.65. The van der Waals surface area contributed by atoms with Gasteiger partial charge in [-0.2, -0.15) is 0 Å². The maximum atomic E-state index is 5.69. The molecule has 0 aliphatic carbocycles. The van der Waals surface area contributed by atoms with E-state index in [2.05, 4.69) is 25.8 Å². The first-order valence-corrected chi connectivity index (χ1v) is 4.46. The molecule has 2 N–H and O–H groups in total. The highest BCUT2D eigenvalue weighted by atomic mass is 32.1. The number of anilines is 1. The lowest BCUT2D eigenvalue weighted by molar-refractivity contribution is 0.584. The van der Waals surface area contributed by atoms with Crippen molar-refractivity contribution in [1.29, 1.82) is 0 Å². The minimum absolute atomic E-state index is 0.132. The maximum absolute atomic E-state index is 5.69. The van der Waals surface area contributed by atoms with E-state index in [4.69, 9.17) is 5.73 Å². The van der Waals surface area contributed by atoms with E-state index in [-0.39, 0.29) is 5.41 Å². The summed E-state index contributed by atoms with van der Waals surface area (Å²) in [6.45, 7) is 8.38. The van der Waals surface area contributed by atoms with Crippen molar-refractivity contribution in [1.82, 2.24) is 4.98 Å². The van der Waals surface area contributed by atoms with Crippen LogP contribution in [-0.4, -0.2) is 4.98 Å². The fourth-order valence-corrected chi connectivity index (χ4v) is 1.62. The molecule has 0 radical (unpaired) electrons. The van der Waals surface area contributed by atoms with Crippen LogP contribution in [0.3, 0.4) is 0 Å². The van der Waals surface area contributed by atoms with Gasteiger partial charge in [0, 0.05) is 5.41 Å². The lowest BCUT2D eigenvalue weighted by atomic mass is 9.98. The second-order valence-electron chi connectivity index (χ2n) is 3.72. The van der Waals surface area contributed by atoms with E-state index in [1.807, 2.05) is 6.92 Å². The number of thiazole rings is 1. The number of aryl methyl sites for hydroxylation is 1. The van der Waals surface area contributed by atoms with E-state index in [9.17, 15) is 0 Å². The van der Waals surface area contributed by atoms with Gasteiger partial charge in [-0.05, 0) is 6.92 Å². The fraction of sp³-hybridized carbons (Fsp3) is 0.625.